The van der Waals surface area contributed by atoms with E-state index in [9.17, 15) is 26.3 Å². The van der Waals surface area contributed by atoms with Crippen LogP contribution in [0.5, 0.6) is 0 Å². The largest absolute Gasteiger partial charge is 0.376 e. The third-order valence-corrected chi connectivity index (χ3v) is 13.2. The zero-order valence-corrected chi connectivity index (χ0v) is 16.4. The summed E-state index contributed by atoms with van der Waals surface area (Å²) in [4.78, 5) is 0. The number of rotatable bonds is 2. The topological polar surface area (TPSA) is 74.0 Å². The first-order valence-corrected chi connectivity index (χ1v) is 12.6. The summed E-state index contributed by atoms with van der Waals surface area (Å²) in [7, 11) is -2.21. The van der Waals surface area contributed by atoms with E-state index >= 15 is 0 Å². The molecule has 7 nitrogen and oxygen atoms in total. The molecule has 2 rings (SSSR count). The van der Waals surface area contributed by atoms with Crippen molar-refractivity contribution in [2.24, 2.45) is 13.5 Å². The van der Waals surface area contributed by atoms with Crippen LogP contribution in [0, 0.1) is 0 Å². The van der Waals surface area contributed by atoms with E-state index in [0.717, 1.165) is 14.2 Å². The standard InChI is InChI=1S/C7H10Cl2F6N3O4P3/c1-19-23(8)16-24(9)18-25(17-23,20-2)22-4-6(12,13)7(14,15)5(10,11)3-21-24/h3-4H2,1-2H3/t23-,24-,25+/m0/s1. The summed E-state index contributed by atoms with van der Waals surface area (Å²) < 4.78 is 111. The Labute approximate surface area is 147 Å². The molecule has 0 unspecified atom stereocenters. The molecule has 0 aliphatic carbocycles. The van der Waals surface area contributed by atoms with E-state index in [4.69, 9.17) is 31.5 Å². The molecule has 2 aliphatic rings. The number of halogens is 8. The van der Waals surface area contributed by atoms with Crippen molar-refractivity contribution in [3.05, 3.63) is 0 Å². The highest BCUT2D eigenvalue weighted by molar-refractivity contribution is 8.00. The normalized spacial score (nSPS) is 42.5. The number of fused-ring (bicyclic) bond motifs is 1. The van der Waals surface area contributed by atoms with Gasteiger partial charge in [-0.3, -0.25) is 4.52 Å². The summed E-state index contributed by atoms with van der Waals surface area (Å²) in [5, 5.41) is 0. The summed E-state index contributed by atoms with van der Waals surface area (Å²) in [6.07, 6.45) is 0. The Morgan fingerprint density at radius 3 is 1.84 bits per heavy atom. The molecular formula is C7H10Cl2F6N3O4P3. The molecule has 0 fully saturated rings. The molecule has 148 valence electrons. The first kappa shape index (κ1) is 22.0. The van der Waals surface area contributed by atoms with Crippen molar-refractivity contribution in [3.63, 3.8) is 0 Å². The number of alkyl halides is 6. The van der Waals surface area contributed by atoms with Gasteiger partial charge in [-0.15, -0.1) is 0 Å². The van der Waals surface area contributed by atoms with Gasteiger partial charge in [-0.05, 0) is 22.5 Å². The molecular weight excluding hydrogens is 468 g/mol. The Kier molecular flexibility index (Phi) is 5.84. The molecule has 0 saturated heterocycles. The lowest BCUT2D eigenvalue weighted by molar-refractivity contribution is -0.320. The van der Waals surface area contributed by atoms with Crippen molar-refractivity contribution in [3.8, 4) is 0 Å². The molecule has 0 aromatic rings. The van der Waals surface area contributed by atoms with Gasteiger partial charge in [0.15, 0.2) is 0 Å². The molecule has 0 spiro atoms. The second-order valence-electron chi connectivity index (χ2n) is 4.60. The number of nitrogens with zero attached hydrogens (tertiary/aromatic N) is 3. The summed E-state index contributed by atoms with van der Waals surface area (Å²) in [5.74, 6) is -16.4. The van der Waals surface area contributed by atoms with Gasteiger partial charge in [0.25, 0.3) is 0 Å². The Bertz CT molecular complexity index is 734. The van der Waals surface area contributed by atoms with Crippen molar-refractivity contribution in [1.82, 2.24) is 0 Å². The lowest BCUT2D eigenvalue weighted by atomic mass is 10.1. The van der Waals surface area contributed by atoms with Gasteiger partial charge in [-0.2, -0.15) is 39.9 Å². The molecule has 0 aromatic carbocycles. The molecule has 3 atom stereocenters. The SMILES string of the molecule is CO[P@]1(Cl)=N[P@]2(OC)=N[P@](Cl)(=N1)OCC(F)(F)C(F)(F)C(F)(F)CO2. The Balaban J connectivity index is 2.69. The molecule has 18 heteroatoms. The predicted molar refractivity (Wildman–Crippen MR) is 80.5 cm³/mol. The smallest absolute Gasteiger partial charge is 0.319 e. The number of hydrogen-bond acceptors (Lipinski definition) is 7. The summed E-state index contributed by atoms with van der Waals surface area (Å²) >= 11 is 11.8. The first-order valence-electron chi connectivity index (χ1n) is 6.00. The fourth-order valence-electron chi connectivity index (χ4n) is 1.55. The van der Waals surface area contributed by atoms with Gasteiger partial charge in [0.05, 0.1) is 0 Å². The van der Waals surface area contributed by atoms with Crippen molar-refractivity contribution in [2.45, 2.75) is 17.8 Å². The first-order chi connectivity index (χ1) is 11.2. The van der Waals surface area contributed by atoms with Crippen molar-refractivity contribution < 1.29 is 44.4 Å². The van der Waals surface area contributed by atoms with Crippen LogP contribution in [-0.4, -0.2) is 45.2 Å². The average molecular weight is 478 g/mol. The maximum Gasteiger partial charge on any atom is 0.376 e. The monoisotopic (exact) mass is 477 g/mol. The Morgan fingerprint density at radius 2 is 1.36 bits per heavy atom. The van der Waals surface area contributed by atoms with E-state index in [1.807, 2.05) is 0 Å². The van der Waals surface area contributed by atoms with Crippen molar-refractivity contribution >= 4 is 43.7 Å². The van der Waals surface area contributed by atoms with E-state index in [1.54, 1.807) is 0 Å². The Hall–Kier alpha value is 0.690. The van der Waals surface area contributed by atoms with Crippen LogP contribution >= 0.6 is 43.7 Å². The molecule has 0 radical (unpaired) electrons. The summed E-state index contributed by atoms with van der Waals surface area (Å²) in [6.45, 7) is -12.3. The highest BCUT2D eigenvalue weighted by atomic mass is 35.7. The Morgan fingerprint density at radius 1 is 0.840 bits per heavy atom. The van der Waals surface area contributed by atoms with Gasteiger partial charge >= 0.3 is 39.0 Å². The highest BCUT2D eigenvalue weighted by Crippen LogP contribution is 2.83. The van der Waals surface area contributed by atoms with Crippen LogP contribution in [0.15, 0.2) is 13.5 Å². The minimum atomic E-state index is -5.81. The van der Waals surface area contributed by atoms with Gasteiger partial charge in [-0.25, -0.2) is 0 Å². The van der Waals surface area contributed by atoms with E-state index in [0.29, 0.717) is 0 Å². The molecule has 0 aromatic heterocycles. The third-order valence-electron chi connectivity index (χ3n) is 2.88. The van der Waals surface area contributed by atoms with Gasteiger partial charge in [-0.1, -0.05) is 0 Å². The summed E-state index contributed by atoms with van der Waals surface area (Å²) in [6, 6.07) is 0. The fourth-order valence-corrected chi connectivity index (χ4v) is 12.7. The van der Waals surface area contributed by atoms with Crippen LogP contribution in [-0.2, 0) is 18.1 Å². The molecule has 2 bridgehead atoms. The van der Waals surface area contributed by atoms with E-state index in [1.165, 1.54) is 0 Å². The van der Waals surface area contributed by atoms with E-state index in [-0.39, 0.29) is 0 Å². The second-order valence-corrected chi connectivity index (χ2v) is 13.5. The quantitative estimate of drug-likeness (QED) is 0.333. The van der Waals surface area contributed by atoms with Gasteiger partial charge < -0.3 is 13.6 Å². The van der Waals surface area contributed by atoms with Crippen LogP contribution in [0.25, 0.3) is 0 Å². The molecule has 0 N–H and O–H groups in total. The second kappa shape index (κ2) is 6.64. The molecule has 2 aliphatic heterocycles. The van der Waals surface area contributed by atoms with Crippen LogP contribution < -0.4 is 0 Å². The maximum absolute atomic E-state index is 13.7. The molecule has 0 saturated carbocycles. The van der Waals surface area contributed by atoms with Gasteiger partial charge in [0.2, 0.25) is 0 Å². The lowest BCUT2D eigenvalue weighted by Gasteiger charge is -2.36. The third kappa shape index (κ3) is 3.96. The zero-order valence-electron chi connectivity index (χ0n) is 12.3. The number of hydrogen-bond donors (Lipinski definition) is 0. The predicted octanol–water partition coefficient (Wildman–Crippen LogP) is 6.56. The van der Waals surface area contributed by atoms with Crippen LogP contribution in [0.1, 0.15) is 0 Å². The average Bonchev–Trinajstić information content (AvgIpc) is 2.50. The minimum absolute atomic E-state index is 0.904. The minimum Gasteiger partial charge on any atom is -0.319 e. The van der Waals surface area contributed by atoms with Crippen molar-refractivity contribution in [1.29, 1.82) is 0 Å². The highest BCUT2D eigenvalue weighted by Gasteiger charge is 2.72. The van der Waals surface area contributed by atoms with Crippen molar-refractivity contribution in [2.75, 3.05) is 27.4 Å². The van der Waals surface area contributed by atoms with Crippen LogP contribution in [0.2, 0.25) is 0 Å². The van der Waals surface area contributed by atoms with Crippen LogP contribution in [0.4, 0.5) is 26.3 Å². The van der Waals surface area contributed by atoms with Crippen LogP contribution in [0.3, 0.4) is 0 Å². The van der Waals surface area contributed by atoms with Gasteiger partial charge in [0, 0.05) is 14.2 Å². The van der Waals surface area contributed by atoms with E-state index in [2.05, 4.69) is 22.6 Å². The summed E-state index contributed by atoms with van der Waals surface area (Å²) in [5.41, 5.74) is 0. The zero-order chi connectivity index (χ0) is 19.4. The molecule has 2 heterocycles. The molecule has 25 heavy (non-hydrogen) atoms. The molecule has 0 amide bonds. The van der Waals surface area contributed by atoms with Gasteiger partial charge in [0.1, 0.15) is 13.2 Å². The van der Waals surface area contributed by atoms with E-state index < -0.39 is 52.2 Å². The lowest BCUT2D eigenvalue weighted by Crippen LogP contribution is -2.58. The fraction of sp³-hybridized carbons (Fsp3) is 1.00. The maximum atomic E-state index is 13.7.